The Morgan fingerprint density at radius 1 is 1.15 bits per heavy atom. The van der Waals surface area contributed by atoms with Gasteiger partial charge in [0.1, 0.15) is 0 Å². The second kappa shape index (κ2) is 11.2. The largest absolute Gasteiger partial charge is 0.354 e. The van der Waals surface area contributed by atoms with Crippen LogP contribution in [-0.4, -0.2) is 54.8 Å². The van der Waals surface area contributed by atoms with Crippen LogP contribution in [0.4, 0.5) is 0 Å². The first-order valence-corrected chi connectivity index (χ1v) is 8.88. The molecule has 0 aliphatic carbocycles. The number of carbonyl (C=O) groups is 2. The van der Waals surface area contributed by atoms with Crippen LogP contribution >= 0.6 is 24.0 Å². The van der Waals surface area contributed by atoms with E-state index in [1.165, 1.54) is 16.0 Å². The average Bonchev–Trinajstić information content (AvgIpc) is 2.61. The van der Waals surface area contributed by atoms with Gasteiger partial charge in [-0.2, -0.15) is 0 Å². The van der Waals surface area contributed by atoms with Crippen LogP contribution in [0.3, 0.4) is 0 Å². The summed E-state index contributed by atoms with van der Waals surface area (Å²) in [6.07, 6.45) is 2.64. The normalized spacial score (nSPS) is 14.9. The highest BCUT2D eigenvalue weighted by Gasteiger charge is 2.25. The molecule has 0 atom stereocenters. The summed E-state index contributed by atoms with van der Waals surface area (Å²) in [5.74, 6) is 0.603. The lowest BCUT2D eigenvalue weighted by Crippen LogP contribution is -2.46. The van der Waals surface area contributed by atoms with Gasteiger partial charge in [0.25, 0.3) is 0 Å². The molecule has 1 saturated heterocycles. The highest BCUT2D eigenvalue weighted by atomic mass is 127. The van der Waals surface area contributed by atoms with E-state index in [1.807, 2.05) is 11.9 Å². The van der Waals surface area contributed by atoms with Gasteiger partial charge < -0.3 is 10.2 Å². The molecule has 2 rings (SSSR count). The molecule has 0 aromatic heterocycles. The smallest absolute Gasteiger partial charge is 0.229 e. The second-order valence-corrected chi connectivity index (χ2v) is 6.29. The van der Waals surface area contributed by atoms with Gasteiger partial charge in [-0.1, -0.05) is 31.2 Å². The molecule has 1 heterocycles. The van der Waals surface area contributed by atoms with Gasteiger partial charge in [-0.3, -0.25) is 19.5 Å². The zero-order chi connectivity index (χ0) is 18.2. The van der Waals surface area contributed by atoms with E-state index >= 15 is 0 Å². The molecule has 6 nitrogen and oxygen atoms in total. The molecule has 1 N–H and O–H groups in total. The maximum absolute atomic E-state index is 11.8. The fourth-order valence-corrected chi connectivity index (χ4v) is 2.94. The van der Waals surface area contributed by atoms with Crippen LogP contribution in [0.2, 0.25) is 0 Å². The van der Waals surface area contributed by atoms with E-state index in [-0.39, 0.29) is 35.8 Å². The molecule has 7 heteroatoms. The number of aryl methyl sites for hydroxylation is 1. The third-order valence-corrected chi connectivity index (χ3v) is 4.43. The monoisotopic (exact) mass is 472 g/mol. The number of aliphatic imine (C=N–C) groups is 1. The quantitative estimate of drug-likeness (QED) is 0.299. The van der Waals surface area contributed by atoms with Gasteiger partial charge in [-0.15, -0.1) is 24.0 Å². The summed E-state index contributed by atoms with van der Waals surface area (Å²) in [4.78, 5) is 31.3. The number of hydrogen-bond donors (Lipinski definition) is 1. The van der Waals surface area contributed by atoms with Crippen LogP contribution < -0.4 is 5.32 Å². The van der Waals surface area contributed by atoms with E-state index < -0.39 is 0 Å². The summed E-state index contributed by atoms with van der Waals surface area (Å²) in [7, 11) is 3.70. The molecule has 0 saturated carbocycles. The maximum Gasteiger partial charge on any atom is 0.229 e. The zero-order valence-corrected chi connectivity index (χ0v) is 18.2. The number of guanidine groups is 1. The van der Waals surface area contributed by atoms with Crippen molar-refractivity contribution in [2.45, 2.75) is 39.2 Å². The van der Waals surface area contributed by atoms with E-state index in [0.29, 0.717) is 32.4 Å². The fourth-order valence-electron chi connectivity index (χ4n) is 2.94. The molecular weight excluding hydrogens is 443 g/mol. The predicted molar refractivity (Wildman–Crippen MR) is 115 cm³/mol. The predicted octanol–water partition coefficient (Wildman–Crippen LogP) is 2.41. The Hall–Kier alpha value is -1.64. The molecule has 1 aromatic carbocycles. The number of imide groups is 1. The molecule has 0 unspecified atom stereocenters. The number of likely N-dealkylation sites (tertiary alicyclic amines) is 1. The Labute approximate surface area is 173 Å². The molecule has 0 spiro atoms. The van der Waals surface area contributed by atoms with Crippen molar-refractivity contribution < 1.29 is 9.59 Å². The summed E-state index contributed by atoms with van der Waals surface area (Å²) >= 11 is 0. The van der Waals surface area contributed by atoms with Gasteiger partial charge in [0.15, 0.2) is 5.96 Å². The van der Waals surface area contributed by atoms with Crippen LogP contribution in [-0.2, 0) is 22.6 Å². The van der Waals surface area contributed by atoms with Crippen LogP contribution in [0.25, 0.3) is 0 Å². The third-order valence-electron chi connectivity index (χ3n) is 4.43. The summed E-state index contributed by atoms with van der Waals surface area (Å²) in [6, 6.07) is 8.56. The number of halogens is 1. The number of benzene rings is 1. The molecule has 144 valence electrons. The van der Waals surface area contributed by atoms with Gasteiger partial charge in [-0.05, 0) is 24.0 Å². The van der Waals surface area contributed by atoms with E-state index in [0.717, 1.165) is 18.9 Å². The molecule has 2 amide bonds. The van der Waals surface area contributed by atoms with E-state index in [4.69, 9.17) is 0 Å². The molecule has 1 aliphatic heterocycles. The molecule has 26 heavy (non-hydrogen) atoms. The number of hydrogen-bond acceptors (Lipinski definition) is 3. The molecule has 1 fully saturated rings. The Morgan fingerprint density at radius 2 is 1.73 bits per heavy atom. The van der Waals surface area contributed by atoms with Crippen molar-refractivity contribution in [1.82, 2.24) is 15.1 Å². The lowest BCUT2D eigenvalue weighted by Gasteiger charge is -2.26. The van der Waals surface area contributed by atoms with Gasteiger partial charge in [0, 0.05) is 46.6 Å². The van der Waals surface area contributed by atoms with Gasteiger partial charge >= 0.3 is 0 Å². The number of carbonyl (C=O) groups excluding carboxylic acids is 2. The highest BCUT2D eigenvalue weighted by Crippen LogP contribution is 2.11. The Balaban J connectivity index is 0.00000338. The number of nitrogens with one attached hydrogen (secondary N) is 1. The topological polar surface area (TPSA) is 65.0 Å². The zero-order valence-electron chi connectivity index (χ0n) is 15.8. The number of piperidine rings is 1. The van der Waals surface area contributed by atoms with Crippen molar-refractivity contribution in [1.29, 1.82) is 0 Å². The first kappa shape index (κ1) is 22.4. The number of rotatable bonds is 6. The SMILES string of the molecule is CCc1ccc(CN(C)C(=NC)NCCN2C(=O)CCCC2=O)cc1.I. The molecule has 0 bridgehead atoms. The standard InChI is InChI=1S/C19H28N4O2.HI/c1-4-15-8-10-16(11-9-15)14-22(3)19(20-2)21-12-13-23-17(24)6-5-7-18(23)25;/h8-11H,4-7,12-14H2,1-3H3,(H,20,21);1H. The third kappa shape index (κ3) is 6.26. The maximum atomic E-state index is 11.8. The van der Waals surface area contributed by atoms with Crippen molar-refractivity contribution in [2.24, 2.45) is 4.99 Å². The lowest BCUT2D eigenvalue weighted by atomic mass is 10.1. The number of nitrogens with zero attached hydrogens (tertiary/aromatic N) is 3. The summed E-state index contributed by atoms with van der Waals surface area (Å²) < 4.78 is 0. The molecule has 1 aliphatic rings. The van der Waals surface area contributed by atoms with Gasteiger partial charge in [0.05, 0.1) is 0 Å². The number of amides is 2. The average molecular weight is 472 g/mol. The van der Waals surface area contributed by atoms with Crippen LogP contribution in [0.1, 0.15) is 37.3 Å². The first-order chi connectivity index (χ1) is 12.0. The Morgan fingerprint density at radius 3 is 2.27 bits per heavy atom. The summed E-state index contributed by atoms with van der Waals surface area (Å²) in [6.45, 7) is 3.77. The lowest BCUT2D eigenvalue weighted by molar-refractivity contribution is -0.147. The Bertz CT molecular complexity index is 615. The van der Waals surface area contributed by atoms with Crippen molar-refractivity contribution in [3.8, 4) is 0 Å². The van der Waals surface area contributed by atoms with Gasteiger partial charge in [0.2, 0.25) is 11.8 Å². The van der Waals surface area contributed by atoms with Crippen molar-refractivity contribution in [2.75, 3.05) is 27.2 Å². The van der Waals surface area contributed by atoms with Crippen LogP contribution in [0.5, 0.6) is 0 Å². The first-order valence-electron chi connectivity index (χ1n) is 8.88. The minimum absolute atomic E-state index is 0. The Kier molecular flexibility index (Phi) is 9.61. The highest BCUT2D eigenvalue weighted by molar-refractivity contribution is 14.0. The van der Waals surface area contributed by atoms with E-state index in [9.17, 15) is 9.59 Å². The van der Waals surface area contributed by atoms with Gasteiger partial charge in [-0.25, -0.2) is 0 Å². The van der Waals surface area contributed by atoms with Crippen molar-refractivity contribution >= 4 is 41.8 Å². The van der Waals surface area contributed by atoms with Crippen LogP contribution in [0, 0.1) is 0 Å². The molecular formula is C19H29IN4O2. The summed E-state index contributed by atoms with van der Waals surface area (Å²) in [5, 5.41) is 3.23. The molecule has 1 aromatic rings. The van der Waals surface area contributed by atoms with Crippen molar-refractivity contribution in [3.63, 3.8) is 0 Å². The molecule has 0 radical (unpaired) electrons. The minimum atomic E-state index is -0.0718. The van der Waals surface area contributed by atoms with E-state index in [2.05, 4.69) is 41.5 Å². The second-order valence-electron chi connectivity index (χ2n) is 6.29. The minimum Gasteiger partial charge on any atom is -0.354 e. The summed E-state index contributed by atoms with van der Waals surface area (Å²) in [5.41, 5.74) is 2.54. The fraction of sp³-hybridized carbons (Fsp3) is 0.526. The van der Waals surface area contributed by atoms with E-state index in [1.54, 1.807) is 7.05 Å². The van der Waals surface area contributed by atoms with Crippen LogP contribution in [0.15, 0.2) is 29.3 Å². The van der Waals surface area contributed by atoms with Crippen molar-refractivity contribution in [3.05, 3.63) is 35.4 Å².